The lowest BCUT2D eigenvalue weighted by atomic mass is 9.67. The molecule has 3 nitrogen and oxygen atoms in total. The molecule has 0 aromatic heterocycles. The smallest absolute Gasteiger partial charge is 0.153 e. The maximum absolute atomic E-state index is 13.1. The van der Waals surface area contributed by atoms with Crippen molar-refractivity contribution in [3.8, 4) is 16.9 Å². The average molecular weight is 385 g/mol. The summed E-state index contributed by atoms with van der Waals surface area (Å²) in [6.45, 7) is 5.93. The third-order valence-corrected chi connectivity index (χ3v) is 5.88. The predicted octanol–water partition coefficient (Wildman–Crippen LogP) is 5.62. The van der Waals surface area contributed by atoms with Crippen LogP contribution in [0.25, 0.3) is 11.1 Å². The summed E-state index contributed by atoms with van der Waals surface area (Å²) >= 11 is 6.14. The Kier molecular flexibility index (Phi) is 5.43. The fraction of sp³-hybridized carbons (Fsp3) is 0.391. The third kappa shape index (κ3) is 3.66. The first-order chi connectivity index (χ1) is 12.8. The topological polar surface area (TPSA) is 43.4 Å². The standard InChI is InChI=1S/C23H25ClO3/c1-5-14-6-7-15(16-8-9-18(24)20(13-16)27-4)12-17(14)21-19(25)10-11-23(2,3)22(21)26/h6-9,12-13,21H,5,10-11H2,1-4H3. The molecule has 27 heavy (non-hydrogen) atoms. The number of hydrogen-bond acceptors (Lipinski definition) is 3. The van der Waals surface area contributed by atoms with E-state index in [1.165, 1.54) is 0 Å². The first kappa shape index (κ1) is 19.6. The Labute approximate surface area is 165 Å². The summed E-state index contributed by atoms with van der Waals surface area (Å²) in [6, 6.07) is 11.6. The van der Waals surface area contributed by atoms with Crippen LogP contribution in [-0.2, 0) is 16.0 Å². The van der Waals surface area contributed by atoms with E-state index in [0.29, 0.717) is 23.6 Å². The summed E-state index contributed by atoms with van der Waals surface area (Å²) in [5.74, 6) is -0.0155. The van der Waals surface area contributed by atoms with Crippen molar-refractivity contribution in [1.29, 1.82) is 0 Å². The zero-order valence-corrected chi connectivity index (χ0v) is 17.0. The van der Waals surface area contributed by atoms with Crippen LogP contribution in [0.1, 0.15) is 50.7 Å². The monoisotopic (exact) mass is 384 g/mol. The number of halogens is 1. The molecule has 1 atom stereocenters. The Bertz CT molecular complexity index is 898. The van der Waals surface area contributed by atoms with E-state index in [9.17, 15) is 9.59 Å². The molecule has 3 rings (SSSR count). The second-order valence-electron chi connectivity index (χ2n) is 7.76. The molecule has 0 aliphatic heterocycles. The molecule has 1 saturated carbocycles. The molecule has 0 amide bonds. The average Bonchev–Trinajstić information content (AvgIpc) is 2.66. The highest BCUT2D eigenvalue weighted by Gasteiger charge is 2.43. The number of ketones is 2. The van der Waals surface area contributed by atoms with Gasteiger partial charge in [0.1, 0.15) is 17.5 Å². The highest BCUT2D eigenvalue weighted by atomic mass is 35.5. The number of benzene rings is 2. The van der Waals surface area contributed by atoms with Crippen LogP contribution < -0.4 is 4.74 Å². The van der Waals surface area contributed by atoms with Gasteiger partial charge in [-0.1, -0.05) is 50.6 Å². The molecule has 0 saturated heterocycles. The molecule has 1 fully saturated rings. The van der Waals surface area contributed by atoms with Crippen LogP contribution in [0.4, 0.5) is 0 Å². The molecule has 2 aromatic carbocycles. The minimum Gasteiger partial charge on any atom is -0.495 e. The number of rotatable bonds is 4. The summed E-state index contributed by atoms with van der Waals surface area (Å²) in [7, 11) is 1.58. The zero-order chi connectivity index (χ0) is 19.8. The van der Waals surface area contributed by atoms with Crippen LogP contribution in [0.5, 0.6) is 5.75 Å². The Morgan fingerprint density at radius 3 is 2.44 bits per heavy atom. The highest BCUT2D eigenvalue weighted by molar-refractivity contribution is 6.32. The van der Waals surface area contributed by atoms with E-state index in [4.69, 9.17) is 16.3 Å². The van der Waals surface area contributed by atoms with Crippen LogP contribution in [0.15, 0.2) is 36.4 Å². The lowest BCUT2D eigenvalue weighted by Gasteiger charge is -2.33. The molecule has 0 spiro atoms. The van der Waals surface area contributed by atoms with Crippen LogP contribution in [0.2, 0.25) is 5.02 Å². The maximum Gasteiger partial charge on any atom is 0.153 e. The molecule has 142 valence electrons. The molecule has 1 aliphatic rings. The maximum atomic E-state index is 13.1. The fourth-order valence-corrected chi connectivity index (χ4v) is 3.95. The van der Waals surface area contributed by atoms with Gasteiger partial charge in [0.15, 0.2) is 5.78 Å². The fourth-order valence-electron chi connectivity index (χ4n) is 3.76. The van der Waals surface area contributed by atoms with E-state index in [1.54, 1.807) is 13.2 Å². The summed E-state index contributed by atoms with van der Waals surface area (Å²) in [6.07, 6.45) is 1.85. The van der Waals surface area contributed by atoms with Gasteiger partial charge in [0.25, 0.3) is 0 Å². The molecule has 0 N–H and O–H groups in total. The van der Waals surface area contributed by atoms with E-state index in [2.05, 4.69) is 0 Å². The Morgan fingerprint density at radius 2 is 1.78 bits per heavy atom. The van der Waals surface area contributed by atoms with Gasteiger partial charge >= 0.3 is 0 Å². The van der Waals surface area contributed by atoms with Gasteiger partial charge < -0.3 is 4.74 Å². The molecule has 0 heterocycles. The molecule has 0 radical (unpaired) electrons. The van der Waals surface area contributed by atoms with Crippen molar-refractivity contribution in [2.24, 2.45) is 5.41 Å². The number of aryl methyl sites for hydroxylation is 1. The number of hydrogen-bond donors (Lipinski definition) is 0. The second-order valence-corrected chi connectivity index (χ2v) is 8.17. The molecule has 2 aromatic rings. The van der Waals surface area contributed by atoms with E-state index >= 15 is 0 Å². The van der Waals surface area contributed by atoms with Gasteiger partial charge in [0.05, 0.1) is 12.1 Å². The van der Waals surface area contributed by atoms with Crippen molar-refractivity contribution in [3.05, 3.63) is 52.5 Å². The van der Waals surface area contributed by atoms with Gasteiger partial charge in [-0.2, -0.15) is 0 Å². The van der Waals surface area contributed by atoms with Gasteiger partial charge in [-0.15, -0.1) is 0 Å². The van der Waals surface area contributed by atoms with Crippen molar-refractivity contribution in [1.82, 2.24) is 0 Å². The minimum absolute atomic E-state index is 0.0271. The van der Waals surface area contributed by atoms with Gasteiger partial charge in [-0.3, -0.25) is 9.59 Å². The zero-order valence-electron chi connectivity index (χ0n) is 16.3. The Morgan fingerprint density at radius 1 is 1.11 bits per heavy atom. The lowest BCUT2D eigenvalue weighted by molar-refractivity contribution is -0.139. The quantitative estimate of drug-likeness (QED) is 0.642. The van der Waals surface area contributed by atoms with Gasteiger partial charge in [0.2, 0.25) is 0 Å². The van der Waals surface area contributed by atoms with E-state index in [-0.39, 0.29) is 11.6 Å². The summed E-state index contributed by atoms with van der Waals surface area (Å²) in [5.41, 5.74) is 3.30. The Hall–Kier alpha value is -2.13. The number of Topliss-reactive ketones (excluding diaryl/α,β-unsaturated/α-hetero) is 2. The normalized spacial score (nSPS) is 19.2. The van der Waals surface area contributed by atoms with Crippen molar-refractivity contribution in [3.63, 3.8) is 0 Å². The second kappa shape index (κ2) is 7.47. The van der Waals surface area contributed by atoms with Crippen LogP contribution in [0.3, 0.4) is 0 Å². The van der Waals surface area contributed by atoms with Crippen LogP contribution in [0, 0.1) is 5.41 Å². The highest BCUT2D eigenvalue weighted by Crippen LogP contribution is 2.41. The summed E-state index contributed by atoms with van der Waals surface area (Å²) in [4.78, 5) is 25.8. The van der Waals surface area contributed by atoms with Crippen molar-refractivity contribution in [2.75, 3.05) is 7.11 Å². The van der Waals surface area contributed by atoms with E-state index in [1.807, 2.05) is 51.1 Å². The largest absolute Gasteiger partial charge is 0.495 e. The molecule has 1 unspecified atom stereocenters. The minimum atomic E-state index is -0.669. The number of ether oxygens (including phenoxy) is 1. The lowest BCUT2D eigenvalue weighted by Crippen LogP contribution is -2.39. The molecule has 4 heteroatoms. The van der Waals surface area contributed by atoms with Gasteiger partial charge in [-0.25, -0.2) is 0 Å². The first-order valence-corrected chi connectivity index (χ1v) is 9.70. The number of carbonyl (C=O) groups excluding carboxylic acids is 2. The predicted molar refractivity (Wildman–Crippen MR) is 109 cm³/mol. The SMILES string of the molecule is CCc1ccc(-c2ccc(Cl)c(OC)c2)cc1C1C(=O)CCC(C)(C)C1=O. The molecule has 1 aliphatic carbocycles. The van der Waals surface area contributed by atoms with E-state index < -0.39 is 11.3 Å². The molecular formula is C23H25ClO3. The van der Waals surface area contributed by atoms with Gasteiger partial charge in [-0.05, 0) is 53.3 Å². The summed E-state index contributed by atoms with van der Waals surface area (Å²) < 4.78 is 5.32. The Balaban J connectivity index is 2.12. The number of carbonyl (C=O) groups is 2. The van der Waals surface area contributed by atoms with Crippen molar-refractivity contribution < 1.29 is 14.3 Å². The van der Waals surface area contributed by atoms with Crippen molar-refractivity contribution >= 4 is 23.2 Å². The van der Waals surface area contributed by atoms with Crippen molar-refractivity contribution in [2.45, 2.75) is 46.0 Å². The first-order valence-electron chi connectivity index (χ1n) is 9.32. The molecule has 0 bridgehead atoms. The van der Waals surface area contributed by atoms with Gasteiger partial charge in [0, 0.05) is 11.8 Å². The molecular weight excluding hydrogens is 360 g/mol. The van der Waals surface area contributed by atoms with Crippen LogP contribution in [-0.4, -0.2) is 18.7 Å². The summed E-state index contributed by atoms with van der Waals surface area (Å²) in [5, 5.41) is 0.547. The van der Waals surface area contributed by atoms with Crippen LogP contribution >= 0.6 is 11.6 Å². The number of methoxy groups -OCH3 is 1. The van der Waals surface area contributed by atoms with E-state index in [0.717, 1.165) is 28.7 Å². The third-order valence-electron chi connectivity index (χ3n) is 5.57.